The Labute approximate surface area is 150 Å². The van der Waals surface area contributed by atoms with E-state index in [0.29, 0.717) is 11.4 Å². The zero-order chi connectivity index (χ0) is 19.6. The number of nitrogens with zero attached hydrogens (tertiary/aromatic N) is 3. The van der Waals surface area contributed by atoms with Gasteiger partial charge in [0.2, 0.25) is 0 Å². The van der Waals surface area contributed by atoms with Crippen molar-refractivity contribution >= 4 is 5.97 Å². The number of H-pyrrole nitrogens is 1. The van der Waals surface area contributed by atoms with Crippen molar-refractivity contribution in [2.45, 2.75) is 19.5 Å². The summed E-state index contributed by atoms with van der Waals surface area (Å²) in [6.45, 7) is 1.38. The first-order valence-corrected chi connectivity index (χ1v) is 7.84. The standard InChI is InChI=1S/C17H14F4N4O2/c1-10-14(9-23-25(10)13-4-2-12(18)3-5-13)16(26)27-7-6-11-8-22-24-15(11)17(19,20)21/h2-5,8-9H,6-7H2,1H3,(H,22,24). The minimum atomic E-state index is -4.55. The van der Waals surface area contributed by atoms with Crippen molar-refractivity contribution in [2.75, 3.05) is 6.61 Å². The lowest BCUT2D eigenvalue weighted by atomic mass is 10.2. The van der Waals surface area contributed by atoms with Gasteiger partial charge in [-0.25, -0.2) is 13.9 Å². The molecular formula is C17H14F4N4O2. The molecule has 27 heavy (non-hydrogen) atoms. The summed E-state index contributed by atoms with van der Waals surface area (Å²) in [4.78, 5) is 12.2. The predicted octanol–water partition coefficient (Wildman–Crippen LogP) is 3.46. The topological polar surface area (TPSA) is 72.8 Å². The molecule has 0 spiro atoms. The number of hydrogen-bond acceptors (Lipinski definition) is 4. The normalized spacial score (nSPS) is 11.6. The van der Waals surface area contributed by atoms with Gasteiger partial charge in [-0.05, 0) is 31.2 Å². The van der Waals surface area contributed by atoms with E-state index in [1.165, 1.54) is 35.1 Å². The van der Waals surface area contributed by atoms with Crippen LogP contribution in [0.15, 0.2) is 36.7 Å². The highest BCUT2D eigenvalue weighted by Gasteiger charge is 2.35. The van der Waals surface area contributed by atoms with Crippen molar-refractivity contribution in [1.82, 2.24) is 20.0 Å². The van der Waals surface area contributed by atoms with Crippen LogP contribution in [0.5, 0.6) is 0 Å². The maximum atomic E-state index is 13.0. The van der Waals surface area contributed by atoms with Crippen LogP contribution in [0.3, 0.4) is 0 Å². The summed E-state index contributed by atoms with van der Waals surface area (Å²) in [6, 6.07) is 5.53. The van der Waals surface area contributed by atoms with Gasteiger partial charge in [-0.1, -0.05) is 0 Å². The number of nitrogens with one attached hydrogen (secondary N) is 1. The number of hydrogen-bond donors (Lipinski definition) is 1. The molecule has 0 amide bonds. The van der Waals surface area contributed by atoms with E-state index in [1.807, 2.05) is 5.10 Å². The zero-order valence-corrected chi connectivity index (χ0v) is 14.0. The second-order valence-electron chi connectivity index (χ2n) is 5.69. The summed E-state index contributed by atoms with van der Waals surface area (Å²) in [5.74, 6) is -1.11. The summed E-state index contributed by atoms with van der Waals surface area (Å²) in [5, 5.41) is 9.34. The number of carbonyl (C=O) groups is 1. The van der Waals surface area contributed by atoms with Crippen molar-refractivity contribution in [3.63, 3.8) is 0 Å². The third-order valence-corrected chi connectivity index (χ3v) is 3.91. The van der Waals surface area contributed by atoms with Gasteiger partial charge in [0.05, 0.1) is 30.4 Å². The summed E-state index contributed by atoms with van der Waals surface area (Å²) in [5.41, 5.74) is 0.141. The van der Waals surface area contributed by atoms with E-state index >= 15 is 0 Å². The van der Waals surface area contributed by atoms with E-state index in [1.54, 1.807) is 6.92 Å². The number of rotatable bonds is 5. The van der Waals surface area contributed by atoms with Crippen LogP contribution >= 0.6 is 0 Å². The molecule has 2 aromatic heterocycles. The maximum Gasteiger partial charge on any atom is 0.433 e. The Morgan fingerprint density at radius 3 is 2.59 bits per heavy atom. The van der Waals surface area contributed by atoms with Crippen molar-refractivity contribution in [3.8, 4) is 5.69 Å². The highest BCUT2D eigenvalue weighted by Crippen LogP contribution is 2.30. The molecule has 0 saturated carbocycles. The molecule has 0 saturated heterocycles. The quantitative estimate of drug-likeness (QED) is 0.542. The zero-order valence-electron chi connectivity index (χ0n) is 14.0. The molecule has 0 fully saturated rings. The number of benzene rings is 1. The number of carbonyl (C=O) groups excluding carboxylic acids is 1. The van der Waals surface area contributed by atoms with Crippen LogP contribution in [-0.4, -0.2) is 32.6 Å². The highest BCUT2D eigenvalue weighted by atomic mass is 19.4. The Balaban J connectivity index is 1.66. The third-order valence-electron chi connectivity index (χ3n) is 3.91. The molecule has 1 N–H and O–H groups in total. The summed E-state index contributed by atoms with van der Waals surface area (Å²) >= 11 is 0. The molecule has 142 valence electrons. The molecule has 6 nitrogen and oxygen atoms in total. The predicted molar refractivity (Wildman–Crippen MR) is 85.8 cm³/mol. The monoisotopic (exact) mass is 382 g/mol. The van der Waals surface area contributed by atoms with Gasteiger partial charge in [-0.3, -0.25) is 5.10 Å². The van der Waals surface area contributed by atoms with Crippen molar-refractivity contribution in [2.24, 2.45) is 0 Å². The minimum absolute atomic E-state index is 0.0889. The van der Waals surface area contributed by atoms with Gasteiger partial charge in [0.1, 0.15) is 17.1 Å². The number of ether oxygens (including phenoxy) is 1. The molecular weight excluding hydrogens is 368 g/mol. The number of aromatic nitrogens is 4. The minimum Gasteiger partial charge on any atom is -0.462 e. The fourth-order valence-electron chi connectivity index (χ4n) is 2.53. The van der Waals surface area contributed by atoms with Gasteiger partial charge < -0.3 is 4.74 Å². The van der Waals surface area contributed by atoms with Gasteiger partial charge >= 0.3 is 12.1 Å². The third kappa shape index (κ3) is 3.99. The van der Waals surface area contributed by atoms with Crippen LogP contribution in [0.25, 0.3) is 5.69 Å². The van der Waals surface area contributed by atoms with Crippen LogP contribution in [0.2, 0.25) is 0 Å². The van der Waals surface area contributed by atoms with Gasteiger partial charge in [0.15, 0.2) is 0 Å². The molecule has 0 atom stereocenters. The van der Waals surface area contributed by atoms with E-state index in [-0.39, 0.29) is 24.2 Å². The van der Waals surface area contributed by atoms with E-state index in [0.717, 1.165) is 6.20 Å². The SMILES string of the molecule is Cc1c(C(=O)OCCc2cn[nH]c2C(F)(F)F)cnn1-c1ccc(F)cc1. The molecule has 0 bridgehead atoms. The van der Waals surface area contributed by atoms with Crippen LogP contribution in [0.1, 0.15) is 27.3 Å². The lowest BCUT2D eigenvalue weighted by Crippen LogP contribution is -2.13. The summed E-state index contributed by atoms with van der Waals surface area (Å²) in [6.07, 6.45) is -2.35. The van der Waals surface area contributed by atoms with Crippen LogP contribution in [0.4, 0.5) is 17.6 Å². The number of aromatic amines is 1. The molecule has 10 heteroatoms. The van der Waals surface area contributed by atoms with Gasteiger partial charge in [-0.2, -0.15) is 23.4 Å². The van der Waals surface area contributed by atoms with Crippen LogP contribution < -0.4 is 0 Å². The fraction of sp³-hybridized carbons (Fsp3) is 0.235. The largest absolute Gasteiger partial charge is 0.462 e. The number of esters is 1. The second-order valence-corrected chi connectivity index (χ2v) is 5.69. The molecule has 3 rings (SSSR count). The van der Waals surface area contributed by atoms with Crippen molar-refractivity contribution < 1.29 is 27.1 Å². The average Bonchev–Trinajstić information content (AvgIpc) is 3.22. The van der Waals surface area contributed by atoms with Crippen molar-refractivity contribution in [1.29, 1.82) is 0 Å². The lowest BCUT2D eigenvalue weighted by molar-refractivity contribution is -0.141. The number of halogens is 4. The van der Waals surface area contributed by atoms with Crippen molar-refractivity contribution in [3.05, 3.63) is 65.0 Å². The number of alkyl halides is 3. The maximum absolute atomic E-state index is 13.0. The average molecular weight is 382 g/mol. The van der Waals surface area contributed by atoms with E-state index in [9.17, 15) is 22.4 Å². The summed E-state index contributed by atoms with van der Waals surface area (Å²) in [7, 11) is 0. The van der Waals surface area contributed by atoms with E-state index < -0.39 is 23.7 Å². The molecule has 0 aliphatic carbocycles. The Hall–Kier alpha value is -3.17. The summed E-state index contributed by atoms with van der Waals surface area (Å²) < 4.78 is 57.8. The highest BCUT2D eigenvalue weighted by molar-refractivity contribution is 5.90. The Morgan fingerprint density at radius 2 is 1.93 bits per heavy atom. The molecule has 0 aliphatic rings. The Kier molecular flexibility index (Phi) is 4.98. The first-order chi connectivity index (χ1) is 12.8. The molecule has 1 aromatic carbocycles. The van der Waals surface area contributed by atoms with Gasteiger partial charge in [-0.15, -0.1) is 0 Å². The first-order valence-electron chi connectivity index (χ1n) is 7.84. The Morgan fingerprint density at radius 1 is 1.22 bits per heavy atom. The lowest BCUT2D eigenvalue weighted by Gasteiger charge is -2.08. The molecule has 3 aromatic rings. The molecule has 0 radical (unpaired) electrons. The van der Waals surface area contributed by atoms with Gasteiger partial charge in [0, 0.05) is 12.0 Å². The molecule has 0 unspecified atom stereocenters. The Bertz CT molecular complexity index is 945. The first kappa shape index (κ1) is 18.6. The molecule has 0 aliphatic heterocycles. The van der Waals surface area contributed by atoms with Gasteiger partial charge in [0.25, 0.3) is 0 Å². The smallest absolute Gasteiger partial charge is 0.433 e. The second kappa shape index (κ2) is 7.22. The molecule has 2 heterocycles. The van der Waals surface area contributed by atoms with Crippen LogP contribution in [-0.2, 0) is 17.3 Å². The fourth-order valence-corrected chi connectivity index (χ4v) is 2.53. The van der Waals surface area contributed by atoms with E-state index in [4.69, 9.17) is 4.74 Å². The van der Waals surface area contributed by atoms with E-state index in [2.05, 4.69) is 10.2 Å². The van der Waals surface area contributed by atoms with Crippen LogP contribution in [0, 0.1) is 12.7 Å².